The Balaban J connectivity index is 1.42. The van der Waals surface area contributed by atoms with Crippen LogP contribution in [0.3, 0.4) is 0 Å². The minimum Gasteiger partial charge on any atom is -0.367 e. The van der Waals surface area contributed by atoms with Gasteiger partial charge in [-0.05, 0) is 47.0 Å². The molecule has 0 aliphatic carbocycles. The van der Waals surface area contributed by atoms with Gasteiger partial charge < -0.3 is 5.32 Å². The van der Waals surface area contributed by atoms with E-state index in [0.717, 1.165) is 21.3 Å². The van der Waals surface area contributed by atoms with Gasteiger partial charge in [-0.2, -0.15) is 0 Å². The average Bonchev–Trinajstić information content (AvgIpc) is 3.00. The lowest BCUT2D eigenvalue weighted by atomic mass is 10.1. The number of carbonyl (C=O) groups excluding carboxylic acids is 1. The molecular weight excluding hydrogens is 464 g/mol. The molecule has 1 amide bonds. The van der Waals surface area contributed by atoms with Gasteiger partial charge in [0.1, 0.15) is 4.32 Å². The first-order valence-electron chi connectivity index (χ1n) is 9.00. The number of carbonyl (C=O) groups is 1. The lowest BCUT2D eigenvalue weighted by molar-refractivity contribution is -0.121. The summed E-state index contributed by atoms with van der Waals surface area (Å²) in [5.41, 5.74) is 4.23. The third-order valence-corrected chi connectivity index (χ3v) is 6.32. The number of rotatable bonds is 5. The molecule has 0 bridgehead atoms. The van der Waals surface area contributed by atoms with Crippen molar-refractivity contribution in [3.05, 3.63) is 93.8 Å². The van der Waals surface area contributed by atoms with Gasteiger partial charge in [0.05, 0.1) is 11.6 Å². The van der Waals surface area contributed by atoms with Gasteiger partial charge in [0, 0.05) is 10.2 Å². The minimum atomic E-state index is -0.0756. The van der Waals surface area contributed by atoms with E-state index in [-0.39, 0.29) is 5.91 Å². The molecule has 3 nitrogen and oxygen atoms in total. The number of nitrogens with one attached hydrogen (secondary N) is 1. The molecule has 1 fully saturated rings. The monoisotopic (exact) mass is 480 g/mol. The smallest absolute Gasteiger partial charge is 0.267 e. The van der Waals surface area contributed by atoms with Gasteiger partial charge in [0.2, 0.25) is 0 Å². The highest BCUT2D eigenvalue weighted by atomic mass is 79.9. The second kappa shape index (κ2) is 8.95. The zero-order chi connectivity index (χ0) is 20.2. The van der Waals surface area contributed by atoms with Crippen LogP contribution < -0.4 is 5.32 Å². The van der Waals surface area contributed by atoms with Gasteiger partial charge in [-0.15, -0.1) is 0 Å². The predicted octanol–water partition coefficient (Wildman–Crippen LogP) is 6.39. The first kappa shape index (κ1) is 19.9. The molecular formula is C23H17BrN2OS2. The summed E-state index contributed by atoms with van der Waals surface area (Å²) in [7, 11) is 0. The quantitative estimate of drug-likeness (QED) is 0.338. The highest BCUT2D eigenvalue weighted by Gasteiger charge is 2.31. The van der Waals surface area contributed by atoms with Crippen molar-refractivity contribution in [2.45, 2.75) is 0 Å². The van der Waals surface area contributed by atoms with Gasteiger partial charge in [-0.25, -0.2) is 0 Å². The molecule has 0 radical (unpaired) electrons. The lowest BCUT2D eigenvalue weighted by Crippen LogP contribution is -2.33. The summed E-state index contributed by atoms with van der Waals surface area (Å²) in [5.74, 6) is -0.0756. The topological polar surface area (TPSA) is 32.3 Å². The van der Waals surface area contributed by atoms with Crippen molar-refractivity contribution in [1.29, 1.82) is 0 Å². The zero-order valence-corrected chi connectivity index (χ0v) is 18.6. The molecule has 3 aromatic rings. The average molecular weight is 481 g/mol. The van der Waals surface area contributed by atoms with Crippen LogP contribution in [0, 0.1) is 0 Å². The fourth-order valence-corrected chi connectivity index (χ4v) is 4.64. The summed E-state index contributed by atoms with van der Waals surface area (Å²) in [6.45, 7) is 0.338. The summed E-state index contributed by atoms with van der Waals surface area (Å²) in [6.07, 6.45) is 1.87. The third-order valence-electron chi connectivity index (χ3n) is 4.45. The van der Waals surface area contributed by atoms with Gasteiger partial charge in [0.15, 0.2) is 0 Å². The van der Waals surface area contributed by atoms with Gasteiger partial charge in [-0.3, -0.25) is 9.69 Å². The summed E-state index contributed by atoms with van der Waals surface area (Å²) in [4.78, 5) is 15.0. The van der Waals surface area contributed by atoms with Crippen molar-refractivity contribution in [2.24, 2.45) is 0 Å². The Kier molecular flexibility index (Phi) is 6.13. The number of hydrogen-bond donors (Lipinski definition) is 1. The largest absolute Gasteiger partial charge is 0.367 e. The normalized spacial score (nSPS) is 15.2. The van der Waals surface area contributed by atoms with E-state index in [9.17, 15) is 4.79 Å². The summed E-state index contributed by atoms with van der Waals surface area (Å²) < 4.78 is 1.53. The molecule has 1 N–H and O–H groups in total. The van der Waals surface area contributed by atoms with Crippen LogP contribution in [-0.2, 0) is 4.79 Å². The van der Waals surface area contributed by atoms with E-state index in [1.54, 1.807) is 4.90 Å². The molecule has 1 aliphatic heterocycles. The van der Waals surface area contributed by atoms with Crippen LogP contribution in [0.4, 0.5) is 5.69 Å². The van der Waals surface area contributed by atoms with Gasteiger partial charge >= 0.3 is 0 Å². The Hall–Kier alpha value is -2.41. The van der Waals surface area contributed by atoms with E-state index in [1.807, 2.05) is 60.7 Å². The number of hydrogen-bond acceptors (Lipinski definition) is 4. The molecule has 144 valence electrons. The SMILES string of the molecule is O=C1/C(=C/c2cccc(Br)c2)SC(=S)N1CNc1ccc(-c2ccccc2)cc1. The third kappa shape index (κ3) is 4.78. The molecule has 3 aromatic carbocycles. The fraction of sp³-hybridized carbons (Fsp3) is 0.0435. The molecule has 0 spiro atoms. The maximum Gasteiger partial charge on any atom is 0.267 e. The highest BCUT2D eigenvalue weighted by molar-refractivity contribution is 9.10. The Morgan fingerprint density at radius 1 is 0.966 bits per heavy atom. The maximum atomic E-state index is 12.8. The Labute approximate surface area is 187 Å². The van der Waals surface area contributed by atoms with E-state index < -0.39 is 0 Å². The van der Waals surface area contributed by atoms with Crippen LogP contribution in [-0.4, -0.2) is 21.8 Å². The van der Waals surface area contributed by atoms with Gasteiger partial charge in [-0.1, -0.05) is 94.5 Å². The second-order valence-corrected chi connectivity index (χ2v) is 9.03. The highest BCUT2D eigenvalue weighted by Crippen LogP contribution is 2.33. The van der Waals surface area contributed by atoms with Crippen LogP contribution in [0.1, 0.15) is 5.56 Å². The van der Waals surface area contributed by atoms with Crippen LogP contribution in [0.5, 0.6) is 0 Å². The van der Waals surface area contributed by atoms with Crippen LogP contribution in [0.25, 0.3) is 17.2 Å². The standard InChI is InChI=1S/C23H17BrN2OS2/c24-19-8-4-5-16(13-19)14-21-22(27)26(23(28)29-21)15-25-20-11-9-18(10-12-20)17-6-2-1-3-7-17/h1-14,25H,15H2/b21-14-. The van der Waals surface area contributed by atoms with Crippen LogP contribution >= 0.6 is 39.9 Å². The lowest BCUT2D eigenvalue weighted by Gasteiger charge is -2.16. The van der Waals surface area contributed by atoms with Crippen molar-refractivity contribution in [3.63, 3.8) is 0 Å². The molecule has 0 atom stereocenters. The minimum absolute atomic E-state index is 0.0756. The van der Waals surface area contributed by atoms with Crippen molar-refractivity contribution in [2.75, 3.05) is 12.0 Å². The molecule has 6 heteroatoms. The van der Waals surface area contributed by atoms with Crippen LogP contribution in [0.15, 0.2) is 88.2 Å². The maximum absolute atomic E-state index is 12.8. The first-order valence-corrected chi connectivity index (χ1v) is 11.0. The molecule has 1 aliphatic rings. The summed E-state index contributed by atoms with van der Waals surface area (Å²) in [6, 6.07) is 26.2. The number of halogens is 1. The zero-order valence-electron chi connectivity index (χ0n) is 15.3. The predicted molar refractivity (Wildman–Crippen MR) is 130 cm³/mol. The van der Waals surface area contributed by atoms with E-state index >= 15 is 0 Å². The number of thioether (sulfide) groups is 1. The number of nitrogens with zero attached hydrogens (tertiary/aromatic N) is 1. The number of amides is 1. The van der Waals surface area contributed by atoms with E-state index in [4.69, 9.17) is 12.2 Å². The summed E-state index contributed by atoms with van der Waals surface area (Å²) in [5, 5.41) is 3.29. The Morgan fingerprint density at radius 3 is 2.41 bits per heavy atom. The Bertz CT molecular complexity index is 1080. The fourth-order valence-electron chi connectivity index (χ4n) is 2.97. The van der Waals surface area contributed by atoms with Crippen molar-refractivity contribution >= 4 is 61.9 Å². The Morgan fingerprint density at radius 2 is 1.69 bits per heavy atom. The van der Waals surface area contributed by atoms with E-state index in [2.05, 4.69) is 45.5 Å². The second-order valence-electron chi connectivity index (χ2n) is 6.44. The number of thiocarbonyl (C=S) groups is 1. The molecule has 1 heterocycles. The van der Waals surface area contributed by atoms with Gasteiger partial charge in [0.25, 0.3) is 5.91 Å². The van der Waals surface area contributed by atoms with Crippen molar-refractivity contribution in [1.82, 2.24) is 4.90 Å². The van der Waals surface area contributed by atoms with Crippen molar-refractivity contribution < 1.29 is 4.79 Å². The molecule has 4 rings (SSSR count). The number of benzene rings is 3. The van der Waals surface area contributed by atoms with Crippen molar-refractivity contribution in [3.8, 4) is 11.1 Å². The van der Waals surface area contributed by atoms with Crippen LogP contribution in [0.2, 0.25) is 0 Å². The molecule has 0 saturated carbocycles. The first-order chi connectivity index (χ1) is 14.1. The molecule has 0 aromatic heterocycles. The summed E-state index contributed by atoms with van der Waals surface area (Å²) >= 11 is 10.2. The number of anilines is 1. The molecule has 0 unspecified atom stereocenters. The van der Waals surface area contributed by atoms with E-state index in [0.29, 0.717) is 15.9 Å². The van der Waals surface area contributed by atoms with E-state index in [1.165, 1.54) is 17.3 Å². The molecule has 29 heavy (non-hydrogen) atoms. The molecule has 1 saturated heterocycles.